The molecular weight excluding hydrogens is 356 g/mol. The van der Waals surface area contributed by atoms with Gasteiger partial charge >= 0.3 is 17.5 Å². The summed E-state index contributed by atoms with van der Waals surface area (Å²) in [5, 5.41) is 29.3. The van der Waals surface area contributed by atoms with E-state index in [1.54, 1.807) is 0 Å². The van der Waals surface area contributed by atoms with Crippen LogP contribution >= 0.6 is 0 Å². The van der Waals surface area contributed by atoms with Gasteiger partial charge in [0, 0.05) is 0 Å². The summed E-state index contributed by atoms with van der Waals surface area (Å²) in [5.74, 6) is -0.931. The molecular formula is C16H12N6O5. The van der Waals surface area contributed by atoms with Gasteiger partial charge in [-0.05, 0) is 24.3 Å². The maximum atomic E-state index is 11.5. The highest BCUT2D eigenvalue weighted by Crippen LogP contribution is 2.35. The third-order valence-electron chi connectivity index (χ3n) is 3.26. The van der Waals surface area contributed by atoms with Gasteiger partial charge in [-0.2, -0.15) is 15.5 Å². The molecule has 1 heterocycles. The fourth-order valence-corrected chi connectivity index (χ4v) is 2.08. The van der Waals surface area contributed by atoms with Crippen molar-refractivity contribution in [1.82, 2.24) is 9.97 Å². The van der Waals surface area contributed by atoms with Crippen molar-refractivity contribution in [2.75, 3.05) is 25.1 Å². The molecule has 0 saturated carbocycles. The Kier molecular flexibility index (Phi) is 6.17. The first kappa shape index (κ1) is 19.1. The van der Waals surface area contributed by atoms with Crippen LogP contribution in [0, 0.1) is 32.8 Å². The molecule has 11 nitrogen and oxygen atoms in total. The maximum Gasteiger partial charge on any atom is 0.373 e. The molecule has 0 radical (unpaired) electrons. The van der Waals surface area contributed by atoms with Crippen LogP contribution in [0.15, 0.2) is 30.6 Å². The lowest BCUT2D eigenvalue weighted by molar-refractivity contribution is -0.385. The standard InChI is InChI=1S/C16H12N6O5/c1-26-16(23)11-2-4-12(5-3-11)27-15-13(22(24)25)14(19-10-20-15)21(8-6-17)9-7-18/h2-5,10H,8-9H2,1H3. The lowest BCUT2D eigenvalue weighted by Gasteiger charge is -2.17. The zero-order chi connectivity index (χ0) is 19.8. The number of anilines is 1. The molecule has 0 aliphatic carbocycles. The number of ether oxygens (including phenoxy) is 2. The van der Waals surface area contributed by atoms with Crippen molar-refractivity contribution < 1.29 is 19.2 Å². The van der Waals surface area contributed by atoms with Gasteiger partial charge in [0.15, 0.2) is 0 Å². The van der Waals surface area contributed by atoms with Crippen LogP contribution in [-0.4, -0.2) is 41.1 Å². The first-order valence-corrected chi connectivity index (χ1v) is 7.36. The van der Waals surface area contributed by atoms with Crippen molar-refractivity contribution in [2.24, 2.45) is 0 Å². The third kappa shape index (κ3) is 4.43. The monoisotopic (exact) mass is 368 g/mol. The Labute approximate surface area is 153 Å². The molecule has 0 amide bonds. The fraction of sp³-hybridized carbons (Fsp3) is 0.188. The number of carbonyl (C=O) groups excluding carboxylic acids is 1. The van der Waals surface area contributed by atoms with Gasteiger partial charge in [0.2, 0.25) is 5.82 Å². The second-order valence-corrected chi connectivity index (χ2v) is 4.90. The molecule has 1 aromatic heterocycles. The van der Waals surface area contributed by atoms with Crippen molar-refractivity contribution >= 4 is 17.5 Å². The largest absolute Gasteiger partial charge is 0.465 e. The van der Waals surface area contributed by atoms with Gasteiger partial charge < -0.3 is 14.4 Å². The molecule has 0 aliphatic heterocycles. The van der Waals surface area contributed by atoms with E-state index in [1.807, 2.05) is 12.1 Å². The number of methoxy groups -OCH3 is 1. The normalized spacial score (nSPS) is 9.59. The number of hydrogen-bond acceptors (Lipinski definition) is 10. The van der Waals surface area contributed by atoms with Gasteiger partial charge in [0.1, 0.15) is 25.2 Å². The van der Waals surface area contributed by atoms with Crippen molar-refractivity contribution in [3.8, 4) is 23.8 Å². The van der Waals surface area contributed by atoms with Gasteiger partial charge in [0.05, 0.1) is 29.7 Å². The first-order chi connectivity index (χ1) is 13.0. The minimum Gasteiger partial charge on any atom is -0.465 e. The Hall–Kier alpha value is -4.25. The summed E-state index contributed by atoms with van der Waals surface area (Å²) >= 11 is 0. The molecule has 0 aliphatic rings. The van der Waals surface area contributed by atoms with Gasteiger partial charge in [-0.15, -0.1) is 0 Å². The molecule has 0 atom stereocenters. The van der Waals surface area contributed by atoms with Crippen LogP contribution in [0.3, 0.4) is 0 Å². The van der Waals surface area contributed by atoms with Crippen LogP contribution in [0.25, 0.3) is 0 Å². The van der Waals surface area contributed by atoms with E-state index in [1.165, 1.54) is 31.4 Å². The molecule has 136 valence electrons. The van der Waals surface area contributed by atoms with E-state index in [-0.39, 0.29) is 36.1 Å². The second-order valence-electron chi connectivity index (χ2n) is 4.90. The SMILES string of the molecule is COC(=O)c1ccc(Oc2ncnc(N(CC#N)CC#N)c2[N+](=O)[O-])cc1. The third-order valence-corrected chi connectivity index (χ3v) is 3.26. The maximum absolute atomic E-state index is 11.5. The summed E-state index contributed by atoms with van der Waals surface area (Å²) in [6.45, 7) is -0.558. The average molecular weight is 368 g/mol. The van der Waals surface area contributed by atoms with Crippen LogP contribution in [0.4, 0.5) is 11.5 Å². The van der Waals surface area contributed by atoms with E-state index in [0.717, 1.165) is 11.2 Å². The number of rotatable bonds is 7. The summed E-state index contributed by atoms with van der Waals surface area (Å²) in [6, 6.07) is 9.31. The molecule has 1 aromatic carbocycles. The van der Waals surface area contributed by atoms with Crippen molar-refractivity contribution in [1.29, 1.82) is 10.5 Å². The van der Waals surface area contributed by atoms with Gasteiger partial charge in [0.25, 0.3) is 0 Å². The summed E-state index contributed by atoms with van der Waals surface area (Å²) in [4.78, 5) is 30.9. The van der Waals surface area contributed by atoms with Gasteiger partial charge in [-0.1, -0.05) is 0 Å². The summed E-state index contributed by atoms with van der Waals surface area (Å²) in [5.41, 5.74) is -0.308. The second kappa shape index (κ2) is 8.73. The number of aromatic nitrogens is 2. The quantitative estimate of drug-likeness (QED) is 0.305. The van der Waals surface area contributed by atoms with Gasteiger partial charge in [-0.25, -0.2) is 9.78 Å². The molecule has 2 aromatic rings. The molecule has 0 saturated heterocycles. The van der Waals surface area contributed by atoms with E-state index in [9.17, 15) is 14.9 Å². The lowest BCUT2D eigenvalue weighted by atomic mass is 10.2. The van der Waals surface area contributed by atoms with E-state index >= 15 is 0 Å². The summed E-state index contributed by atoms with van der Waals surface area (Å²) < 4.78 is 10.0. The Morgan fingerprint density at radius 1 is 1.22 bits per heavy atom. The van der Waals surface area contributed by atoms with Crippen LogP contribution < -0.4 is 9.64 Å². The highest BCUT2D eigenvalue weighted by molar-refractivity contribution is 5.89. The van der Waals surface area contributed by atoms with Crippen LogP contribution in [0.5, 0.6) is 11.6 Å². The number of benzene rings is 1. The Balaban J connectivity index is 2.41. The van der Waals surface area contributed by atoms with E-state index in [4.69, 9.17) is 15.3 Å². The minimum atomic E-state index is -0.755. The lowest BCUT2D eigenvalue weighted by Crippen LogP contribution is -2.26. The number of nitriles is 2. The molecule has 0 bridgehead atoms. The molecule has 0 unspecified atom stereocenters. The molecule has 0 spiro atoms. The fourth-order valence-electron chi connectivity index (χ4n) is 2.08. The van der Waals surface area contributed by atoms with Crippen LogP contribution in [-0.2, 0) is 4.74 Å². The number of esters is 1. The number of carbonyl (C=O) groups is 1. The highest BCUT2D eigenvalue weighted by Gasteiger charge is 2.28. The van der Waals surface area contributed by atoms with E-state index in [2.05, 4.69) is 14.7 Å². The smallest absolute Gasteiger partial charge is 0.373 e. The molecule has 27 heavy (non-hydrogen) atoms. The molecule has 2 rings (SSSR count). The Morgan fingerprint density at radius 2 is 1.85 bits per heavy atom. The van der Waals surface area contributed by atoms with Crippen LogP contribution in [0.1, 0.15) is 10.4 Å². The number of nitrogens with zero attached hydrogens (tertiary/aromatic N) is 6. The van der Waals surface area contributed by atoms with Crippen molar-refractivity contribution in [2.45, 2.75) is 0 Å². The van der Waals surface area contributed by atoms with Gasteiger partial charge in [-0.3, -0.25) is 10.1 Å². The zero-order valence-electron chi connectivity index (χ0n) is 14.0. The zero-order valence-corrected chi connectivity index (χ0v) is 14.0. The molecule has 0 N–H and O–H groups in total. The highest BCUT2D eigenvalue weighted by atomic mass is 16.6. The summed E-state index contributed by atoms with van der Waals surface area (Å²) in [6.07, 6.45) is 1.03. The predicted molar refractivity (Wildman–Crippen MR) is 90.0 cm³/mol. The van der Waals surface area contributed by atoms with E-state index < -0.39 is 16.6 Å². The number of hydrogen-bond donors (Lipinski definition) is 0. The van der Waals surface area contributed by atoms with Crippen molar-refractivity contribution in [3.63, 3.8) is 0 Å². The molecule has 0 fully saturated rings. The van der Waals surface area contributed by atoms with E-state index in [0.29, 0.717) is 0 Å². The number of nitro groups is 1. The first-order valence-electron chi connectivity index (χ1n) is 7.36. The Bertz CT molecular complexity index is 916. The molecule has 11 heteroatoms. The average Bonchev–Trinajstić information content (AvgIpc) is 2.67. The Morgan fingerprint density at radius 3 is 2.37 bits per heavy atom. The predicted octanol–water partition coefficient (Wildman–Crippen LogP) is 1.82. The minimum absolute atomic E-state index is 0.183. The summed E-state index contributed by atoms with van der Waals surface area (Å²) in [7, 11) is 1.24. The van der Waals surface area contributed by atoms with Crippen LogP contribution in [0.2, 0.25) is 0 Å². The van der Waals surface area contributed by atoms with Crippen molar-refractivity contribution in [3.05, 3.63) is 46.3 Å². The topological polar surface area (TPSA) is 155 Å².